The summed E-state index contributed by atoms with van der Waals surface area (Å²) >= 11 is 0. The van der Waals surface area contributed by atoms with Crippen LogP contribution in [0.5, 0.6) is 23.0 Å². The summed E-state index contributed by atoms with van der Waals surface area (Å²) in [5.74, 6) is 0.119. The van der Waals surface area contributed by atoms with Gasteiger partial charge in [-0.15, -0.1) is 0 Å². The van der Waals surface area contributed by atoms with Gasteiger partial charge in [0.1, 0.15) is 18.1 Å². The Morgan fingerprint density at radius 3 is 2.17 bits per heavy atom. The second-order valence-corrected chi connectivity index (χ2v) is 10.5. The number of hydrogen-bond donors (Lipinski definition) is 2. The fourth-order valence-corrected chi connectivity index (χ4v) is 5.20. The zero-order valence-electron chi connectivity index (χ0n) is 25.0. The molecule has 1 fully saturated rings. The van der Waals surface area contributed by atoms with Crippen LogP contribution in [-0.2, 0) is 16.2 Å². The molecule has 1 heterocycles. The van der Waals surface area contributed by atoms with E-state index in [2.05, 4.69) is 0 Å². The number of nitrogens with one attached hydrogen (secondary N) is 1. The highest BCUT2D eigenvalue weighted by molar-refractivity contribution is 6.46. The summed E-state index contributed by atoms with van der Waals surface area (Å²) in [6.07, 6.45) is 0.669. The van der Waals surface area contributed by atoms with Gasteiger partial charge in [0.05, 0.1) is 53.6 Å². The van der Waals surface area contributed by atoms with Crippen LogP contribution in [0.4, 0.5) is 0 Å². The van der Waals surface area contributed by atoms with E-state index in [1.807, 2.05) is 57.4 Å². The van der Waals surface area contributed by atoms with Crippen molar-refractivity contribution < 1.29 is 38.5 Å². The Balaban J connectivity index is 1.78. The summed E-state index contributed by atoms with van der Waals surface area (Å²) in [5.41, 5.74) is 2.73. The molecule has 0 aliphatic carbocycles. The zero-order chi connectivity index (χ0) is 30.4. The van der Waals surface area contributed by atoms with Gasteiger partial charge in [-0.2, -0.15) is 0 Å². The number of ether oxygens (including phenoxy) is 4. The van der Waals surface area contributed by atoms with Crippen LogP contribution >= 0.6 is 0 Å². The highest BCUT2D eigenvalue weighted by Crippen LogP contribution is 2.46. The Hall–Kier alpha value is -4.50. The molecule has 1 amide bonds. The quantitative estimate of drug-likeness (QED) is 0.194. The van der Waals surface area contributed by atoms with Crippen LogP contribution in [0.3, 0.4) is 0 Å². The third kappa shape index (κ3) is 6.36. The molecule has 2 N–H and O–H groups in total. The van der Waals surface area contributed by atoms with Crippen LogP contribution in [0.1, 0.15) is 34.7 Å². The molecule has 0 bridgehead atoms. The van der Waals surface area contributed by atoms with Gasteiger partial charge < -0.3 is 33.9 Å². The summed E-state index contributed by atoms with van der Waals surface area (Å²) in [5, 5.41) is 11.7. The van der Waals surface area contributed by atoms with Crippen molar-refractivity contribution in [1.82, 2.24) is 4.90 Å². The van der Waals surface area contributed by atoms with E-state index >= 15 is 0 Å². The van der Waals surface area contributed by atoms with E-state index in [0.717, 1.165) is 12.1 Å². The summed E-state index contributed by atoms with van der Waals surface area (Å²) < 4.78 is 22.5. The summed E-state index contributed by atoms with van der Waals surface area (Å²) in [6.45, 7) is 3.36. The number of ketones is 1. The van der Waals surface area contributed by atoms with Gasteiger partial charge in [-0.3, -0.25) is 9.59 Å². The molecule has 3 aromatic carbocycles. The molecule has 3 aromatic rings. The summed E-state index contributed by atoms with van der Waals surface area (Å²) in [6, 6.07) is 17.6. The molecular formula is C33H39N2O7+. The monoisotopic (exact) mass is 575 g/mol. The maximum atomic E-state index is 13.6. The number of nitrogens with zero attached hydrogens (tertiary/aromatic N) is 1. The van der Waals surface area contributed by atoms with Crippen molar-refractivity contribution >= 4 is 17.4 Å². The van der Waals surface area contributed by atoms with Crippen LogP contribution in [0.15, 0.2) is 66.2 Å². The molecule has 1 aliphatic heterocycles. The van der Waals surface area contributed by atoms with Crippen LogP contribution in [0.2, 0.25) is 0 Å². The molecule has 9 heteroatoms. The molecule has 9 nitrogen and oxygen atoms in total. The Morgan fingerprint density at radius 1 is 0.929 bits per heavy atom. The number of methoxy groups -OCH3 is 3. The van der Waals surface area contributed by atoms with Crippen LogP contribution in [0, 0.1) is 6.92 Å². The Morgan fingerprint density at radius 2 is 1.60 bits per heavy atom. The largest absolute Gasteiger partial charge is 0.507 e. The van der Waals surface area contributed by atoms with E-state index < -0.39 is 17.7 Å². The number of hydrogen-bond acceptors (Lipinski definition) is 7. The van der Waals surface area contributed by atoms with Gasteiger partial charge in [0.25, 0.3) is 11.7 Å². The molecule has 0 radical (unpaired) electrons. The molecule has 0 unspecified atom stereocenters. The number of amides is 1. The van der Waals surface area contributed by atoms with Gasteiger partial charge in [-0.25, -0.2) is 0 Å². The molecule has 1 aliphatic rings. The van der Waals surface area contributed by atoms with Crippen molar-refractivity contribution in [3.05, 3.63) is 88.5 Å². The highest BCUT2D eigenvalue weighted by Gasteiger charge is 2.46. The lowest BCUT2D eigenvalue weighted by Gasteiger charge is -2.27. The molecule has 222 valence electrons. The van der Waals surface area contributed by atoms with Crippen LogP contribution in [-0.4, -0.2) is 70.2 Å². The smallest absolute Gasteiger partial charge is 0.295 e. The number of benzene rings is 3. The number of aryl methyl sites for hydroxylation is 1. The lowest BCUT2D eigenvalue weighted by atomic mass is 9.93. The second-order valence-electron chi connectivity index (χ2n) is 10.5. The first-order valence-electron chi connectivity index (χ1n) is 13.8. The minimum absolute atomic E-state index is 0.00697. The maximum Gasteiger partial charge on any atom is 0.295 e. The molecule has 0 spiro atoms. The minimum atomic E-state index is -0.857. The number of quaternary nitrogens is 1. The highest BCUT2D eigenvalue weighted by atomic mass is 16.5. The van der Waals surface area contributed by atoms with Crippen molar-refractivity contribution in [3.63, 3.8) is 0 Å². The molecule has 4 rings (SSSR count). The van der Waals surface area contributed by atoms with E-state index in [9.17, 15) is 14.7 Å². The summed E-state index contributed by atoms with van der Waals surface area (Å²) in [7, 11) is 8.57. The van der Waals surface area contributed by atoms with E-state index in [1.165, 1.54) is 31.1 Å². The van der Waals surface area contributed by atoms with Gasteiger partial charge >= 0.3 is 0 Å². The topological polar surface area (TPSA) is 99.0 Å². The van der Waals surface area contributed by atoms with Gasteiger partial charge in [0, 0.05) is 18.5 Å². The van der Waals surface area contributed by atoms with Gasteiger partial charge in [-0.05, 0) is 53.9 Å². The average Bonchev–Trinajstić information content (AvgIpc) is 3.24. The SMILES string of the molecule is COc1cc([C@@H]2C(=C(O)c3ccc(OCc4ccccc4)cc3C)C(=O)C(=O)N2CCC[NH+](C)C)cc(OC)c1OC. The number of rotatable bonds is 12. The first-order chi connectivity index (χ1) is 20.2. The third-order valence-electron chi connectivity index (χ3n) is 7.32. The number of Topliss-reactive ketones (excluding diaryl/α,β-unsaturated/α-hetero) is 1. The van der Waals surface area contributed by atoms with Gasteiger partial charge in [0.2, 0.25) is 5.75 Å². The second kappa shape index (κ2) is 13.4. The normalized spacial score (nSPS) is 16.2. The molecule has 1 atom stereocenters. The van der Waals surface area contributed by atoms with E-state index in [-0.39, 0.29) is 11.3 Å². The fraction of sp³-hybridized carbons (Fsp3) is 0.333. The number of likely N-dealkylation sites (tertiary alicyclic amines) is 1. The van der Waals surface area contributed by atoms with Crippen molar-refractivity contribution in [2.45, 2.75) is 26.0 Å². The first-order valence-corrected chi connectivity index (χ1v) is 13.8. The Labute approximate surface area is 246 Å². The number of carbonyl (C=O) groups excluding carboxylic acids is 2. The molecule has 0 saturated carbocycles. The first kappa shape index (κ1) is 30.5. The third-order valence-corrected chi connectivity index (χ3v) is 7.32. The standard InChI is InChI=1S/C33H38N2O7/c1-21-17-24(42-20-22-11-8-7-9-12-22)13-14-25(21)30(36)28-29(35(33(38)31(28)37)16-10-15-34(2)3)23-18-26(39-4)32(41-6)27(19-23)40-5/h7-9,11-14,17-19,29,36H,10,15-16,20H2,1-6H3/p+1/t29-/m1/s1. The van der Waals surface area contributed by atoms with Crippen LogP contribution < -0.4 is 23.8 Å². The molecule has 1 saturated heterocycles. The van der Waals surface area contributed by atoms with E-state index in [4.69, 9.17) is 18.9 Å². The summed E-state index contributed by atoms with van der Waals surface area (Å²) in [4.78, 5) is 29.7. The number of carbonyl (C=O) groups is 2. The van der Waals surface area contributed by atoms with Crippen LogP contribution in [0.25, 0.3) is 5.76 Å². The Bertz CT molecular complexity index is 1440. The predicted octanol–water partition coefficient (Wildman–Crippen LogP) is 3.56. The zero-order valence-corrected chi connectivity index (χ0v) is 25.0. The van der Waals surface area contributed by atoms with Gasteiger partial charge in [-0.1, -0.05) is 30.3 Å². The lowest BCUT2D eigenvalue weighted by molar-refractivity contribution is -0.858. The van der Waals surface area contributed by atoms with Gasteiger partial charge in [0.15, 0.2) is 11.5 Å². The van der Waals surface area contributed by atoms with Crippen molar-refractivity contribution in [2.24, 2.45) is 0 Å². The van der Waals surface area contributed by atoms with Crippen molar-refractivity contribution in [1.29, 1.82) is 0 Å². The van der Waals surface area contributed by atoms with E-state index in [0.29, 0.717) is 59.3 Å². The van der Waals surface area contributed by atoms with Crippen molar-refractivity contribution in [2.75, 3.05) is 48.5 Å². The molecule has 0 aromatic heterocycles. The predicted molar refractivity (Wildman–Crippen MR) is 159 cm³/mol. The minimum Gasteiger partial charge on any atom is -0.507 e. The molecular weight excluding hydrogens is 536 g/mol. The Kier molecular flexibility index (Phi) is 9.75. The van der Waals surface area contributed by atoms with E-state index in [1.54, 1.807) is 24.3 Å². The number of aliphatic hydroxyl groups excluding tert-OH is 1. The lowest BCUT2D eigenvalue weighted by Crippen LogP contribution is -3.05. The molecule has 42 heavy (non-hydrogen) atoms. The van der Waals surface area contributed by atoms with Crippen molar-refractivity contribution in [3.8, 4) is 23.0 Å². The number of aliphatic hydroxyl groups is 1. The fourth-order valence-electron chi connectivity index (χ4n) is 5.20. The average molecular weight is 576 g/mol. The maximum absolute atomic E-state index is 13.6.